The van der Waals surface area contributed by atoms with E-state index >= 15 is 0 Å². The first-order chi connectivity index (χ1) is 5.81. The lowest BCUT2D eigenvalue weighted by atomic mass is 10.2. The minimum absolute atomic E-state index is 0. The maximum absolute atomic E-state index is 10.8. The molecule has 0 amide bonds. The van der Waals surface area contributed by atoms with E-state index < -0.39 is 5.76 Å². The lowest BCUT2D eigenvalue weighted by molar-refractivity contribution is 0.552. The number of hydrogen-bond acceptors (Lipinski definition) is 3. The molecule has 1 aromatic heterocycles. The fraction of sp³-hybridized carbons (Fsp3) is 0.125. The Bertz CT molecular complexity index is 460. The number of nitrogens with two attached hydrogens (primary N) is 1. The van der Waals surface area contributed by atoms with Gasteiger partial charge in [-0.25, -0.2) is 4.79 Å². The van der Waals surface area contributed by atoms with Crippen molar-refractivity contribution in [3.8, 4) is 0 Å². The molecule has 0 bridgehead atoms. The van der Waals surface area contributed by atoms with Crippen LogP contribution in [0.5, 0.6) is 0 Å². The highest BCUT2D eigenvalue weighted by Gasteiger charge is 2.03. The zero-order chi connectivity index (χ0) is 8.55. The number of aromatic nitrogens is 1. The lowest BCUT2D eigenvalue weighted by Crippen LogP contribution is -1.95. The molecule has 3 N–H and O–H groups in total. The summed E-state index contributed by atoms with van der Waals surface area (Å²) in [4.78, 5) is 13.3. The predicted octanol–water partition coefficient (Wildman–Crippen LogP) is 1.00. The number of rotatable bonds is 1. The molecule has 2 aromatic rings. The number of halogens is 1. The number of nitrogens with one attached hydrogen (secondary N) is 1. The number of oxazole rings is 1. The van der Waals surface area contributed by atoms with Crippen molar-refractivity contribution in [1.29, 1.82) is 0 Å². The minimum Gasteiger partial charge on any atom is -0.408 e. The van der Waals surface area contributed by atoms with Gasteiger partial charge in [-0.05, 0) is 6.07 Å². The van der Waals surface area contributed by atoms with Crippen molar-refractivity contribution in [3.63, 3.8) is 0 Å². The van der Waals surface area contributed by atoms with E-state index in [1.165, 1.54) is 0 Å². The third-order valence-electron chi connectivity index (χ3n) is 1.75. The van der Waals surface area contributed by atoms with Gasteiger partial charge in [0, 0.05) is 12.1 Å². The normalized spacial score (nSPS) is 9.92. The van der Waals surface area contributed by atoms with Gasteiger partial charge in [-0.1, -0.05) is 12.1 Å². The first-order valence-corrected chi connectivity index (χ1v) is 3.62. The molecule has 1 heterocycles. The molecule has 1 aromatic carbocycles. The highest BCUT2D eigenvalue weighted by atomic mass is 35.5. The van der Waals surface area contributed by atoms with E-state index in [2.05, 4.69) is 4.98 Å². The van der Waals surface area contributed by atoms with E-state index in [4.69, 9.17) is 10.2 Å². The molecule has 4 nitrogen and oxygen atoms in total. The van der Waals surface area contributed by atoms with E-state index in [-0.39, 0.29) is 12.4 Å². The molecule has 0 spiro atoms. The van der Waals surface area contributed by atoms with E-state index in [1.807, 2.05) is 12.1 Å². The van der Waals surface area contributed by atoms with Gasteiger partial charge in [-0.2, -0.15) is 0 Å². The highest BCUT2D eigenvalue weighted by Crippen LogP contribution is 2.14. The molecule has 0 radical (unpaired) electrons. The molecule has 0 aliphatic carbocycles. The lowest BCUT2D eigenvalue weighted by Gasteiger charge is -1.94. The first kappa shape index (κ1) is 9.83. The quantitative estimate of drug-likeness (QED) is 0.722. The summed E-state index contributed by atoms with van der Waals surface area (Å²) in [6.07, 6.45) is 0. The van der Waals surface area contributed by atoms with Gasteiger partial charge in [0.2, 0.25) is 0 Å². The van der Waals surface area contributed by atoms with Crippen LogP contribution in [0.4, 0.5) is 0 Å². The van der Waals surface area contributed by atoms with Crippen molar-refractivity contribution in [2.45, 2.75) is 6.54 Å². The number of hydrogen-bond donors (Lipinski definition) is 2. The topological polar surface area (TPSA) is 72.0 Å². The summed E-state index contributed by atoms with van der Waals surface area (Å²) in [6.45, 7) is 0.373. The van der Waals surface area contributed by atoms with E-state index in [0.29, 0.717) is 17.6 Å². The maximum Gasteiger partial charge on any atom is 0.417 e. The van der Waals surface area contributed by atoms with Crippen LogP contribution in [0.2, 0.25) is 0 Å². The van der Waals surface area contributed by atoms with Crippen molar-refractivity contribution in [3.05, 3.63) is 34.3 Å². The standard InChI is InChI=1S/C8H8N2O2.ClH/c9-4-5-2-1-3-6-7(5)12-8(11)10-6;/h1-3H,4,9H2,(H,10,11);1H. The molecular weight excluding hydrogens is 192 g/mol. The fourth-order valence-electron chi connectivity index (χ4n) is 1.19. The third-order valence-corrected chi connectivity index (χ3v) is 1.75. The molecule has 13 heavy (non-hydrogen) atoms. The zero-order valence-electron chi connectivity index (χ0n) is 6.74. The van der Waals surface area contributed by atoms with Gasteiger partial charge < -0.3 is 10.2 Å². The van der Waals surface area contributed by atoms with Crippen LogP contribution in [0.3, 0.4) is 0 Å². The second-order valence-electron chi connectivity index (χ2n) is 2.51. The largest absolute Gasteiger partial charge is 0.417 e. The monoisotopic (exact) mass is 200 g/mol. The second kappa shape index (κ2) is 3.64. The highest BCUT2D eigenvalue weighted by molar-refractivity contribution is 5.85. The molecule has 2 rings (SSSR count). The summed E-state index contributed by atoms with van der Waals surface area (Å²) >= 11 is 0. The van der Waals surface area contributed by atoms with Crippen LogP contribution in [-0.4, -0.2) is 4.98 Å². The van der Waals surface area contributed by atoms with E-state index in [0.717, 1.165) is 5.56 Å². The summed E-state index contributed by atoms with van der Waals surface area (Å²) in [6, 6.07) is 5.44. The van der Waals surface area contributed by atoms with Gasteiger partial charge in [0.15, 0.2) is 5.58 Å². The van der Waals surface area contributed by atoms with Gasteiger partial charge in [0.25, 0.3) is 0 Å². The van der Waals surface area contributed by atoms with E-state index in [1.54, 1.807) is 6.07 Å². The van der Waals surface area contributed by atoms with E-state index in [9.17, 15) is 4.79 Å². The van der Waals surface area contributed by atoms with Crippen LogP contribution in [0.25, 0.3) is 11.1 Å². The Balaban J connectivity index is 0.000000845. The van der Waals surface area contributed by atoms with Crippen molar-refractivity contribution in [2.75, 3.05) is 0 Å². The Labute approximate surface area is 80.1 Å². The van der Waals surface area contributed by atoms with Crippen LogP contribution in [0.15, 0.2) is 27.4 Å². The van der Waals surface area contributed by atoms with Gasteiger partial charge in [0.1, 0.15) is 0 Å². The fourth-order valence-corrected chi connectivity index (χ4v) is 1.19. The van der Waals surface area contributed by atoms with Crippen LogP contribution >= 0.6 is 12.4 Å². The molecule has 0 fully saturated rings. The number of benzene rings is 1. The Morgan fingerprint density at radius 3 is 2.92 bits per heavy atom. The van der Waals surface area contributed by atoms with Crippen LogP contribution in [0.1, 0.15) is 5.56 Å². The van der Waals surface area contributed by atoms with Gasteiger partial charge >= 0.3 is 5.76 Å². The number of fused-ring (bicyclic) bond motifs is 1. The average Bonchev–Trinajstić information content (AvgIpc) is 2.44. The molecular formula is C8H9ClN2O2. The molecule has 0 atom stereocenters. The third kappa shape index (κ3) is 1.59. The van der Waals surface area contributed by atoms with Crippen LogP contribution in [-0.2, 0) is 6.54 Å². The zero-order valence-corrected chi connectivity index (χ0v) is 7.56. The Morgan fingerprint density at radius 1 is 1.46 bits per heavy atom. The number of aromatic amines is 1. The summed E-state index contributed by atoms with van der Waals surface area (Å²) < 4.78 is 4.90. The summed E-state index contributed by atoms with van der Waals surface area (Å²) in [7, 11) is 0. The molecule has 5 heteroatoms. The molecule has 0 aliphatic heterocycles. The van der Waals surface area contributed by atoms with Gasteiger partial charge in [-0.3, -0.25) is 4.98 Å². The molecule has 0 saturated carbocycles. The first-order valence-electron chi connectivity index (χ1n) is 3.62. The van der Waals surface area contributed by atoms with Gasteiger partial charge in [-0.15, -0.1) is 12.4 Å². The van der Waals surface area contributed by atoms with Crippen LogP contribution < -0.4 is 11.5 Å². The number of H-pyrrole nitrogens is 1. The second-order valence-corrected chi connectivity index (χ2v) is 2.51. The summed E-state index contributed by atoms with van der Waals surface area (Å²) in [5.74, 6) is -0.439. The Morgan fingerprint density at radius 2 is 2.23 bits per heavy atom. The Kier molecular flexibility index (Phi) is 2.75. The number of para-hydroxylation sites is 1. The van der Waals surface area contributed by atoms with Gasteiger partial charge in [0.05, 0.1) is 5.52 Å². The molecule has 0 unspecified atom stereocenters. The average molecular weight is 201 g/mol. The molecule has 0 saturated heterocycles. The summed E-state index contributed by atoms with van der Waals surface area (Å²) in [5.41, 5.74) is 7.55. The van der Waals surface area contributed by atoms with Crippen molar-refractivity contribution in [2.24, 2.45) is 5.73 Å². The molecule has 70 valence electrons. The van der Waals surface area contributed by atoms with Crippen molar-refractivity contribution >= 4 is 23.5 Å². The molecule has 0 aliphatic rings. The SMILES string of the molecule is Cl.NCc1cccc2[nH]c(=O)oc12. The Hall–Kier alpha value is -1.26. The van der Waals surface area contributed by atoms with Crippen LogP contribution in [0, 0.1) is 0 Å². The maximum atomic E-state index is 10.8. The minimum atomic E-state index is -0.439. The predicted molar refractivity (Wildman–Crippen MR) is 52.0 cm³/mol. The van der Waals surface area contributed by atoms with Crippen molar-refractivity contribution < 1.29 is 4.42 Å². The summed E-state index contributed by atoms with van der Waals surface area (Å²) in [5, 5.41) is 0. The smallest absolute Gasteiger partial charge is 0.408 e. The van der Waals surface area contributed by atoms with Crippen molar-refractivity contribution in [1.82, 2.24) is 4.98 Å².